The first-order valence-electron chi connectivity index (χ1n) is 8.70. The number of phenolic OH excluding ortho intramolecular Hbond substituents is 1. The third kappa shape index (κ3) is 3.34. The number of phenols is 1. The molecule has 0 saturated heterocycles. The topological polar surface area (TPSA) is 20.2 Å². The van der Waals surface area contributed by atoms with Crippen LogP contribution in [0.1, 0.15) is 63.4 Å². The van der Waals surface area contributed by atoms with Crippen LogP contribution < -0.4 is 0 Å². The lowest BCUT2D eigenvalue weighted by molar-refractivity contribution is 0.304. The van der Waals surface area contributed by atoms with Gasteiger partial charge in [0.1, 0.15) is 5.82 Å². The van der Waals surface area contributed by atoms with Crippen LogP contribution in [-0.2, 0) is 0 Å². The molecular weight excluding hydrogens is 294 g/mol. The summed E-state index contributed by atoms with van der Waals surface area (Å²) in [4.78, 5) is 0. The summed E-state index contributed by atoms with van der Waals surface area (Å²) < 4.78 is 28.2. The quantitative estimate of drug-likeness (QED) is 0.702. The Kier molecular flexibility index (Phi) is 4.84. The van der Waals surface area contributed by atoms with Gasteiger partial charge in [0, 0.05) is 0 Å². The minimum absolute atomic E-state index is 0.106. The smallest absolute Gasteiger partial charge is 0.175 e. The van der Waals surface area contributed by atoms with Gasteiger partial charge < -0.3 is 5.11 Å². The average Bonchev–Trinajstić information content (AvgIpc) is 2.56. The van der Waals surface area contributed by atoms with E-state index in [1.165, 1.54) is 44.2 Å². The second kappa shape index (κ2) is 6.86. The first kappa shape index (κ1) is 16.2. The Balaban J connectivity index is 1.81. The van der Waals surface area contributed by atoms with Crippen molar-refractivity contribution in [2.45, 2.75) is 57.8 Å². The van der Waals surface area contributed by atoms with Crippen molar-refractivity contribution in [1.82, 2.24) is 0 Å². The first-order valence-corrected chi connectivity index (χ1v) is 8.70. The van der Waals surface area contributed by atoms with Gasteiger partial charge in [-0.05, 0) is 60.6 Å². The largest absolute Gasteiger partial charge is 0.505 e. The van der Waals surface area contributed by atoms with Gasteiger partial charge in [-0.2, -0.15) is 0 Å². The standard InChI is InChI=1S/C20H24F2O/c1-2-3-4-13-5-7-14(8-6-13)16-11-15-9-10-18(23)20(22)19(15)17(21)12-16/h9-14,23H,2-8H2,1H3. The molecule has 0 atom stereocenters. The molecule has 0 amide bonds. The fourth-order valence-corrected chi connectivity index (χ4v) is 3.90. The van der Waals surface area contributed by atoms with Gasteiger partial charge in [0.05, 0.1) is 5.39 Å². The first-order chi connectivity index (χ1) is 11.1. The zero-order valence-corrected chi connectivity index (χ0v) is 13.6. The lowest BCUT2D eigenvalue weighted by atomic mass is 9.77. The molecule has 124 valence electrons. The minimum atomic E-state index is -0.866. The molecule has 23 heavy (non-hydrogen) atoms. The van der Waals surface area contributed by atoms with Gasteiger partial charge in [-0.15, -0.1) is 0 Å². The summed E-state index contributed by atoms with van der Waals surface area (Å²) >= 11 is 0. The maximum absolute atomic E-state index is 14.3. The molecule has 0 aromatic heterocycles. The van der Waals surface area contributed by atoms with Crippen molar-refractivity contribution in [3.63, 3.8) is 0 Å². The van der Waals surface area contributed by atoms with Crippen molar-refractivity contribution in [3.05, 3.63) is 41.5 Å². The molecule has 0 spiro atoms. The summed E-state index contributed by atoms with van der Waals surface area (Å²) in [6.07, 6.45) is 8.42. The van der Waals surface area contributed by atoms with Crippen LogP contribution in [0.4, 0.5) is 8.78 Å². The van der Waals surface area contributed by atoms with E-state index in [1.54, 1.807) is 6.07 Å². The van der Waals surface area contributed by atoms with E-state index in [1.807, 2.05) is 6.07 Å². The van der Waals surface area contributed by atoms with Crippen LogP contribution in [0.25, 0.3) is 10.8 Å². The van der Waals surface area contributed by atoms with Gasteiger partial charge in [-0.1, -0.05) is 38.3 Å². The van der Waals surface area contributed by atoms with Crippen molar-refractivity contribution >= 4 is 10.8 Å². The van der Waals surface area contributed by atoms with E-state index in [4.69, 9.17) is 0 Å². The molecule has 0 bridgehead atoms. The zero-order valence-electron chi connectivity index (χ0n) is 13.6. The van der Waals surface area contributed by atoms with Crippen LogP contribution in [0.2, 0.25) is 0 Å². The number of aromatic hydroxyl groups is 1. The highest BCUT2D eigenvalue weighted by atomic mass is 19.1. The summed E-state index contributed by atoms with van der Waals surface area (Å²) in [5.74, 6) is -0.760. The Hall–Kier alpha value is -1.64. The predicted molar refractivity (Wildman–Crippen MR) is 89.8 cm³/mol. The Morgan fingerprint density at radius 1 is 1.09 bits per heavy atom. The minimum Gasteiger partial charge on any atom is -0.505 e. The SMILES string of the molecule is CCCCC1CCC(c2cc(F)c3c(F)c(O)ccc3c2)CC1. The highest BCUT2D eigenvalue weighted by Gasteiger charge is 2.23. The molecule has 2 aromatic rings. The van der Waals surface area contributed by atoms with Crippen LogP contribution in [0, 0.1) is 17.6 Å². The van der Waals surface area contributed by atoms with Crippen molar-refractivity contribution in [2.24, 2.45) is 5.92 Å². The van der Waals surface area contributed by atoms with Gasteiger partial charge in [-0.25, -0.2) is 8.78 Å². The number of hydrogen-bond acceptors (Lipinski definition) is 1. The van der Waals surface area contributed by atoms with E-state index in [-0.39, 0.29) is 5.39 Å². The third-order valence-corrected chi connectivity index (χ3v) is 5.29. The highest BCUT2D eigenvalue weighted by Crippen LogP contribution is 2.39. The van der Waals surface area contributed by atoms with Gasteiger partial charge in [0.2, 0.25) is 0 Å². The molecule has 1 aliphatic rings. The number of unbranched alkanes of at least 4 members (excludes halogenated alkanes) is 1. The normalized spacial score (nSPS) is 21.7. The average molecular weight is 318 g/mol. The summed E-state index contributed by atoms with van der Waals surface area (Å²) in [5, 5.41) is 9.84. The molecule has 1 aliphatic carbocycles. The Bertz CT molecular complexity index is 688. The second-order valence-corrected chi connectivity index (χ2v) is 6.86. The van der Waals surface area contributed by atoms with Crippen LogP contribution in [0.5, 0.6) is 5.75 Å². The third-order valence-electron chi connectivity index (χ3n) is 5.29. The molecule has 1 saturated carbocycles. The predicted octanol–water partition coefficient (Wildman–Crippen LogP) is 6.29. The van der Waals surface area contributed by atoms with E-state index in [0.29, 0.717) is 11.3 Å². The summed E-state index contributed by atoms with van der Waals surface area (Å²) in [6, 6.07) is 6.23. The van der Waals surface area contributed by atoms with Crippen LogP contribution in [0.3, 0.4) is 0 Å². The summed E-state index contributed by atoms with van der Waals surface area (Å²) in [7, 11) is 0. The zero-order chi connectivity index (χ0) is 16.4. The molecule has 3 heteroatoms. The molecule has 0 aliphatic heterocycles. The van der Waals surface area contributed by atoms with Crippen LogP contribution in [-0.4, -0.2) is 5.11 Å². The van der Waals surface area contributed by atoms with Gasteiger partial charge >= 0.3 is 0 Å². The lowest BCUT2D eigenvalue weighted by Crippen LogP contribution is -2.13. The monoisotopic (exact) mass is 318 g/mol. The van der Waals surface area contributed by atoms with E-state index < -0.39 is 17.4 Å². The number of halogens is 2. The van der Waals surface area contributed by atoms with E-state index in [2.05, 4.69) is 6.92 Å². The molecular formula is C20H24F2O. The highest BCUT2D eigenvalue weighted by molar-refractivity contribution is 5.86. The molecule has 0 radical (unpaired) electrons. The Morgan fingerprint density at radius 2 is 1.83 bits per heavy atom. The van der Waals surface area contributed by atoms with Crippen molar-refractivity contribution in [2.75, 3.05) is 0 Å². The Morgan fingerprint density at radius 3 is 2.52 bits per heavy atom. The number of benzene rings is 2. The van der Waals surface area contributed by atoms with E-state index in [9.17, 15) is 13.9 Å². The van der Waals surface area contributed by atoms with Crippen molar-refractivity contribution < 1.29 is 13.9 Å². The lowest BCUT2D eigenvalue weighted by Gasteiger charge is -2.29. The molecule has 1 nitrogen and oxygen atoms in total. The van der Waals surface area contributed by atoms with Crippen LogP contribution >= 0.6 is 0 Å². The molecule has 1 fully saturated rings. The molecule has 2 aromatic carbocycles. The van der Waals surface area contributed by atoms with E-state index in [0.717, 1.165) is 24.3 Å². The number of fused-ring (bicyclic) bond motifs is 1. The van der Waals surface area contributed by atoms with Gasteiger partial charge in [0.25, 0.3) is 0 Å². The Labute approximate surface area is 136 Å². The number of rotatable bonds is 4. The molecule has 0 heterocycles. The fourth-order valence-electron chi connectivity index (χ4n) is 3.90. The fraction of sp³-hybridized carbons (Fsp3) is 0.500. The maximum Gasteiger partial charge on any atom is 0.175 e. The van der Waals surface area contributed by atoms with Gasteiger partial charge in [-0.3, -0.25) is 0 Å². The number of hydrogen-bond donors (Lipinski definition) is 1. The summed E-state index contributed by atoms with van der Waals surface area (Å²) in [6.45, 7) is 2.22. The van der Waals surface area contributed by atoms with Crippen molar-refractivity contribution in [3.8, 4) is 5.75 Å². The molecule has 0 unspecified atom stereocenters. The van der Waals surface area contributed by atoms with Crippen molar-refractivity contribution in [1.29, 1.82) is 0 Å². The van der Waals surface area contributed by atoms with Gasteiger partial charge in [0.15, 0.2) is 11.6 Å². The van der Waals surface area contributed by atoms with E-state index >= 15 is 0 Å². The maximum atomic E-state index is 14.3. The summed E-state index contributed by atoms with van der Waals surface area (Å²) in [5.41, 5.74) is 0.967. The second-order valence-electron chi connectivity index (χ2n) is 6.86. The molecule has 3 rings (SSSR count). The van der Waals surface area contributed by atoms with Crippen LogP contribution in [0.15, 0.2) is 24.3 Å². The molecule has 1 N–H and O–H groups in total.